The van der Waals surface area contributed by atoms with Crippen LogP contribution in [-0.2, 0) is 0 Å². The van der Waals surface area contributed by atoms with Crippen LogP contribution in [0.1, 0.15) is 29.9 Å². The van der Waals surface area contributed by atoms with Crippen LogP contribution < -0.4 is 5.32 Å². The van der Waals surface area contributed by atoms with Gasteiger partial charge in [0.1, 0.15) is 5.82 Å². The van der Waals surface area contributed by atoms with E-state index < -0.39 is 0 Å². The van der Waals surface area contributed by atoms with Crippen LogP contribution >= 0.6 is 11.6 Å². The molecule has 4 nitrogen and oxygen atoms in total. The predicted octanol–water partition coefficient (Wildman–Crippen LogP) is 5.84. The third-order valence-corrected chi connectivity index (χ3v) is 5.03. The highest BCUT2D eigenvalue weighted by atomic mass is 35.5. The van der Waals surface area contributed by atoms with E-state index >= 15 is 0 Å². The molecule has 4 aromatic rings. The van der Waals surface area contributed by atoms with Gasteiger partial charge in [0.2, 0.25) is 0 Å². The normalized spacial score (nSPS) is 12.3. The lowest BCUT2D eigenvalue weighted by Gasteiger charge is -2.17. The molecule has 1 N–H and O–H groups in total. The molecule has 2 aromatic carbocycles. The fraction of sp³-hybridized carbons (Fsp3) is 0.182. The summed E-state index contributed by atoms with van der Waals surface area (Å²) in [7, 11) is 0. The summed E-state index contributed by atoms with van der Waals surface area (Å²) in [5, 5.41) is 9.03. The molecule has 0 radical (unpaired) electrons. The summed E-state index contributed by atoms with van der Waals surface area (Å²) < 4.78 is 1.88. The van der Waals surface area contributed by atoms with Gasteiger partial charge in [0.25, 0.3) is 0 Å². The minimum absolute atomic E-state index is 0.143. The molecule has 0 fully saturated rings. The Morgan fingerprint density at radius 3 is 2.44 bits per heavy atom. The Morgan fingerprint density at radius 1 is 1.00 bits per heavy atom. The highest BCUT2D eigenvalue weighted by Gasteiger charge is 2.18. The maximum Gasteiger partial charge on any atom is 0.165 e. The third kappa shape index (κ3) is 3.28. The lowest BCUT2D eigenvalue weighted by atomic mass is 10.1. The number of aromatic nitrogens is 3. The van der Waals surface area contributed by atoms with Gasteiger partial charge in [-0.1, -0.05) is 60.1 Å². The van der Waals surface area contributed by atoms with Gasteiger partial charge in [0, 0.05) is 28.4 Å². The van der Waals surface area contributed by atoms with E-state index in [-0.39, 0.29) is 6.04 Å². The Bertz CT molecular complexity index is 1100. The van der Waals surface area contributed by atoms with Crippen LogP contribution in [0.4, 0.5) is 5.82 Å². The minimum atomic E-state index is 0.143. The first-order chi connectivity index (χ1) is 13.0. The maximum absolute atomic E-state index is 6.45. The van der Waals surface area contributed by atoms with Crippen molar-refractivity contribution in [2.24, 2.45) is 0 Å². The molecule has 2 aromatic heterocycles. The zero-order valence-corrected chi connectivity index (χ0v) is 16.3. The quantitative estimate of drug-likeness (QED) is 0.486. The van der Waals surface area contributed by atoms with Crippen LogP contribution in [0.5, 0.6) is 0 Å². The molecule has 0 aliphatic rings. The van der Waals surface area contributed by atoms with E-state index in [9.17, 15) is 0 Å². The Hall–Kier alpha value is -2.85. The van der Waals surface area contributed by atoms with Gasteiger partial charge in [0.05, 0.1) is 11.3 Å². The minimum Gasteiger partial charge on any atom is -0.363 e. The zero-order chi connectivity index (χ0) is 19.0. The number of hydrogen-bond donors (Lipinski definition) is 1. The fourth-order valence-corrected chi connectivity index (χ4v) is 3.60. The van der Waals surface area contributed by atoms with Crippen LogP contribution in [0, 0.1) is 13.8 Å². The summed E-state index contributed by atoms with van der Waals surface area (Å²) in [5.41, 5.74) is 5.78. The van der Waals surface area contributed by atoms with E-state index in [0.717, 1.165) is 34.0 Å². The van der Waals surface area contributed by atoms with E-state index in [1.807, 2.05) is 54.8 Å². The molecule has 0 bridgehead atoms. The van der Waals surface area contributed by atoms with Crippen LogP contribution in [0.25, 0.3) is 16.8 Å². The van der Waals surface area contributed by atoms with Crippen molar-refractivity contribution in [2.45, 2.75) is 26.8 Å². The van der Waals surface area contributed by atoms with Crippen LogP contribution in [0.2, 0.25) is 5.02 Å². The molecular formula is C22H21ClN4. The molecule has 5 heteroatoms. The summed E-state index contributed by atoms with van der Waals surface area (Å²) in [6.45, 7) is 6.13. The van der Waals surface area contributed by atoms with E-state index in [1.165, 1.54) is 5.56 Å². The number of halogens is 1. The molecule has 4 rings (SSSR count). The molecule has 0 spiro atoms. The Kier molecular flexibility index (Phi) is 4.58. The van der Waals surface area contributed by atoms with Gasteiger partial charge in [-0.15, -0.1) is 0 Å². The molecule has 1 atom stereocenters. The molecule has 0 saturated carbocycles. The van der Waals surface area contributed by atoms with Crippen molar-refractivity contribution in [3.05, 3.63) is 82.6 Å². The standard InChI is InChI=1S/C22H21ClN4/c1-14-13-20(25-15(2)17-9-5-4-6-10-17)27-22(24-14)21(16(3)26-27)18-11-7-8-12-19(18)23/h4-13,15,25H,1-3H3/t15-/m1/s1. The van der Waals surface area contributed by atoms with Crippen molar-refractivity contribution >= 4 is 23.1 Å². The van der Waals surface area contributed by atoms with Gasteiger partial charge < -0.3 is 5.32 Å². The number of hydrogen-bond acceptors (Lipinski definition) is 3. The Balaban J connectivity index is 1.84. The predicted molar refractivity (Wildman–Crippen MR) is 111 cm³/mol. The SMILES string of the molecule is Cc1cc(N[C@H](C)c2ccccc2)n2nc(C)c(-c3ccccc3Cl)c2n1. The number of fused-ring (bicyclic) bond motifs is 1. The average Bonchev–Trinajstić information content (AvgIpc) is 2.99. The van der Waals surface area contributed by atoms with Crippen LogP contribution in [0.3, 0.4) is 0 Å². The van der Waals surface area contributed by atoms with E-state index in [1.54, 1.807) is 0 Å². The zero-order valence-electron chi connectivity index (χ0n) is 15.6. The van der Waals surface area contributed by atoms with Crippen molar-refractivity contribution in [3.8, 4) is 11.1 Å². The Labute approximate surface area is 163 Å². The molecule has 2 heterocycles. The third-order valence-electron chi connectivity index (χ3n) is 4.70. The summed E-state index contributed by atoms with van der Waals surface area (Å²) in [6.07, 6.45) is 0. The van der Waals surface area contributed by atoms with Crippen molar-refractivity contribution in [1.29, 1.82) is 0 Å². The molecule has 0 amide bonds. The molecule has 0 unspecified atom stereocenters. The smallest absolute Gasteiger partial charge is 0.165 e. The number of aryl methyl sites for hydroxylation is 2. The van der Waals surface area contributed by atoms with E-state index in [0.29, 0.717) is 5.02 Å². The highest BCUT2D eigenvalue weighted by Crippen LogP contribution is 2.34. The second-order valence-electron chi connectivity index (χ2n) is 6.74. The first kappa shape index (κ1) is 17.6. The maximum atomic E-state index is 6.45. The largest absolute Gasteiger partial charge is 0.363 e. The van der Waals surface area contributed by atoms with Crippen LogP contribution in [0.15, 0.2) is 60.7 Å². The van der Waals surface area contributed by atoms with Gasteiger partial charge in [-0.25, -0.2) is 4.98 Å². The van der Waals surface area contributed by atoms with E-state index in [2.05, 4.69) is 36.5 Å². The summed E-state index contributed by atoms with van der Waals surface area (Å²) in [6, 6.07) is 20.3. The van der Waals surface area contributed by atoms with Gasteiger partial charge in [-0.3, -0.25) is 0 Å². The van der Waals surface area contributed by atoms with Crippen molar-refractivity contribution in [2.75, 3.05) is 5.32 Å². The lowest BCUT2D eigenvalue weighted by Crippen LogP contribution is -2.11. The summed E-state index contributed by atoms with van der Waals surface area (Å²) >= 11 is 6.45. The topological polar surface area (TPSA) is 42.2 Å². The van der Waals surface area contributed by atoms with Gasteiger partial charge in [0.15, 0.2) is 5.65 Å². The van der Waals surface area contributed by atoms with Gasteiger partial charge in [-0.05, 0) is 32.4 Å². The molecule has 136 valence electrons. The average molecular weight is 377 g/mol. The lowest BCUT2D eigenvalue weighted by molar-refractivity contribution is 0.833. The fourth-order valence-electron chi connectivity index (χ4n) is 3.37. The van der Waals surface area contributed by atoms with Crippen molar-refractivity contribution < 1.29 is 0 Å². The van der Waals surface area contributed by atoms with Gasteiger partial charge in [-0.2, -0.15) is 9.61 Å². The second-order valence-corrected chi connectivity index (χ2v) is 7.14. The molecular weight excluding hydrogens is 356 g/mol. The monoisotopic (exact) mass is 376 g/mol. The number of nitrogens with one attached hydrogen (secondary N) is 1. The first-order valence-electron chi connectivity index (χ1n) is 8.98. The second kappa shape index (κ2) is 7.05. The number of nitrogens with zero attached hydrogens (tertiary/aromatic N) is 3. The van der Waals surface area contributed by atoms with Crippen LogP contribution in [-0.4, -0.2) is 14.6 Å². The number of benzene rings is 2. The van der Waals surface area contributed by atoms with Gasteiger partial charge >= 0.3 is 0 Å². The molecule has 0 aliphatic heterocycles. The highest BCUT2D eigenvalue weighted by molar-refractivity contribution is 6.33. The summed E-state index contributed by atoms with van der Waals surface area (Å²) in [4.78, 5) is 4.76. The molecule has 27 heavy (non-hydrogen) atoms. The van der Waals surface area contributed by atoms with E-state index in [4.69, 9.17) is 21.7 Å². The molecule has 0 saturated heterocycles. The Morgan fingerprint density at radius 2 is 1.70 bits per heavy atom. The van der Waals surface area contributed by atoms with Crippen molar-refractivity contribution in [1.82, 2.24) is 14.6 Å². The first-order valence-corrected chi connectivity index (χ1v) is 9.36. The van der Waals surface area contributed by atoms with Crippen molar-refractivity contribution in [3.63, 3.8) is 0 Å². The molecule has 0 aliphatic carbocycles. The number of rotatable bonds is 4. The summed E-state index contributed by atoms with van der Waals surface area (Å²) in [5.74, 6) is 0.912. The number of anilines is 1.